The second kappa shape index (κ2) is 6.88. The maximum atomic E-state index is 8.87. The molecule has 0 unspecified atom stereocenters. The van der Waals surface area contributed by atoms with E-state index in [0.717, 1.165) is 4.47 Å². The van der Waals surface area contributed by atoms with E-state index in [0.29, 0.717) is 0 Å². The monoisotopic (exact) mass is 256 g/mol. The SMILES string of the molecule is C1CCCCC1.Oc1ccccc1Br. The van der Waals surface area contributed by atoms with Crippen LogP contribution >= 0.6 is 15.9 Å². The zero-order chi connectivity index (χ0) is 10.2. The van der Waals surface area contributed by atoms with Crippen LogP contribution in [0.2, 0.25) is 0 Å². The fraction of sp³-hybridized carbons (Fsp3) is 0.500. The largest absolute Gasteiger partial charge is 0.507 e. The van der Waals surface area contributed by atoms with E-state index in [4.69, 9.17) is 5.11 Å². The first-order valence-corrected chi connectivity index (χ1v) is 6.03. The average molecular weight is 257 g/mol. The number of benzene rings is 1. The molecule has 1 nitrogen and oxygen atoms in total. The summed E-state index contributed by atoms with van der Waals surface area (Å²) < 4.78 is 0.736. The Kier molecular flexibility index (Phi) is 5.69. The van der Waals surface area contributed by atoms with Crippen LogP contribution < -0.4 is 0 Å². The van der Waals surface area contributed by atoms with E-state index in [1.165, 1.54) is 38.5 Å². The molecule has 1 fully saturated rings. The van der Waals surface area contributed by atoms with E-state index in [9.17, 15) is 0 Å². The first-order chi connectivity index (χ1) is 6.80. The molecule has 0 radical (unpaired) electrons. The van der Waals surface area contributed by atoms with Gasteiger partial charge in [0, 0.05) is 0 Å². The molecule has 0 spiro atoms. The minimum atomic E-state index is 0.285. The minimum absolute atomic E-state index is 0.285. The van der Waals surface area contributed by atoms with Crippen LogP contribution in [0.25, 0.3) is 0 Å². The van der Waals surface area contributed by atoms with Crippen LogP contribution in [0.4, 0.5) is 0 Å². The van der Waals surface area contributed by atoms with Gasteiger partial charge in [0.15, 0.2) is 0 Å². The fourth-order valence-electron chi connectivity index (χ4n) is 1.51. The van der Waals surface area contributed by atoms with Gasteiger partial charge in [0.25, 0.3) is 0 Å². The Morgan fingerprint density at radius 2 is 1.29 bits per heavy atom. The van der Waals surface area contributed by atoms with Crippen LogP contribution in [0.1, 0.15) is 38.5 Å². The van der Waals surface area contributed by atoms with Gasteiger partial charge in [-0.15, -0.1) is 0 Å². The van der Waals surface area contributed by atoms with Gasteiger partial charge in [-0.05, 0) is 28.1 Å². The predicted molar refractivity (Wildman–Crippen MR) is 63.5 cm³/mol. The molecule has 2 rings (SSSR count). The summed E-state index contributed by atoms with van der Waals surface area (Å²) >= 11 is 3.15. The molecule has 1 N–H and O–H groups in total. The van der Waals surface area contributed by atoms with Crippen molar-refractivity contribution in [2.75, 3.05) is 0 Å². The van der Waals surface area contributed by atoms with E-state index in [2.05, 4.69) is 15.9 Å². The predicted octanol–water partition coefficient (Wildman–Crippen LogP) is 4.50. The van der Waals surface area contributed by atoms with Crippen LogP contribution in [-0.2, 0) is 0 Å². The average Bonchev–Trinajstić information content (AvgIpc) is 2.26. The minimum Gasteiger partial charge on any atom is -0.507 e. The van der Waals surface area contributed by atoms with Crippen LogP contribution in [0.3, 0.4) is 0 Å². The zero-order valence-corrected chi connectivity index (χ0v) is 9.96. The van der Waals surface area contributed by atoms with Crippen LogP contribution in [0, 0.1) is 0 Å². The lowest BCUT2D eigenvalue weighted by atomic mass is 10.0. The fourth-order valence-corrected chi connectivity index (χ4v) is 1.80. The van der Waals surface area contributed by atoms with Gasteiger partial charge >= 0.3 is 0 Å². The second-order valence-corrected chi connectivity index (χ2v) is 4.43. The summed E-state index contributed by atoms with van der Waals surface area (Å²) in [5, 5.41) is 8.87. The standard InChI is InChI=1S/C6H5BrO.C6H12/c7-5-3-1-2-4-6(5)8;1-2-4-6-5-3-1/h1-4,8H;1-6H2. The molecule has 0 aromatic heterocycles. The highest BCUT2D eigenvalue weighted by atomic mass is 79.9. The van der Waals surface area contributed by atoms with E-state index >= 15 is 0 Å². The summed E-state index contributed by atoms with van der Waals surface area (Å²) in [5.74, 6) is 0.285. The maximum Gasteiger partial charge on any atom is 0.129 e. The molecule has 0 atom stereocenters. The summed E-state index contributed by atoms with van der Waals surface area (Å²) in [6.45, 7) is 0. The first-order valence-electron chi connectivity index (χ1n) is 5.24. The van der Waals surface area contributed by atoms with Gasteiger partial charge in [0.2, 0.25) is 0 Å². The summed E-state index contributed by atoms with van der Waals surface area (Å²) in [7, 11) is 0. The molecule has 1 aromatic carbocycles. The number of phenols is 1. The van der Waals surface area contributed by atoms with Crippen LogP contribution in [0.5, 0.6) is 5.75 Å². The first kappa shape index (κ1) is 11.6. The van der Waals surface area contributed by atoms with E-state index in [1.54, 1.807) is 18.2 Å². The molecule has 14 heavy (non-hydrogen) atoms. The van der Waals surface area contributed by atoms with Gasteiger partial charge in [0.05, 0.1) is 4.47 Å². The number of para-hydroxylation sites is 1. The van der Waals surface area contributed by atoms with Gasteiger partial charge in [-0.25, -0.2) is 0 Å². The number of halogens is 1. The lowest BCUT2D eigenvalue weighted by molar-refractivity contribution is 0.472. The smallest absolute Gasteiger partial charge is 0.129 e. The Hall–Kier alpha value is -0.500. The topological polar surface area (TPSA) is 20.2 Å². The third kappa shape index (κ3) is 4.66. The third-order valence-corrected chi connectivity index (χ3v) is 3.02. The Morgan fingerprint density at radius 1 is 0.857 bits per heavy atom. The molecule has 0 heterocycles. The molecular weight excluding hydrogens is 240 g/mol. The van der Waals surface area contributed by atoms with Gasteiger partial charge in [0.1, 0.15) is 5.75 Å². The second-order valence-electron chi connectivity index (χ2n) is 3.57. The molecule has 1 aromatic rings. The van der Waals surface area contributed by atoms with Crippen molar-refractivity contribution in [2.45, 2.75) is 38.5 Å². The summed E-state index contributed by atoms with van der Waals surface area (Å²) in [4.78, 5) is 0. The molecule has 0 bridgehead atoms. The van der Waals surface area contributed by atoms with E-state index < -0.39 is 0 Å². The maximum absolute atomic E-state index is 8.87. The van der Waals surface area contributed by atoms with Crippen molar-refractivity contribution in [1.82, 2.24) is 0 Å². The van der Waals surface area contributed by atoms with Gasteiger partial charge in [-0.2, -0.15) is 0 Å². The molecule has 0 amide bonds. The normalized spacial score (nSPS) is 15.5. The van der Waals surface area contributed by atoms with Crippen molar-refractivity contribution >= 4 is 15.9 Å². The Balaban J connectivity index is 0.000000146. The van der Waals surface area contributed by atoms with Crippen molar-refractivity contribution in [3.63, 3.8) is 0 Å². The summed E-state index contributed by atoms with van der Waals surface area (Å²) in [5.41, 5.74) is 0. The number of hydrogen-bond donors (Lipinski definition) is 1. The molecule has 1 aliphatic rings. The highest BCUT2D eigenvalue weighted by Crippen LogP contribution is 2.21. The third-order valence-electron chi connectivity index (χ3n) is 2.35. The molecular formula is C12H17BrO. The molecule has 78 valence electrons. The molecule has 2 heteroatoms. The Bertz CT molecular complexity index is 224. The molecule has 0 saturated heterocycles. The van der Waals surface area contributed by atoms with Crippen LogP contribution in [-0.4, -0.2) is 5.11 Å². The van der Waals surface area contributed by atoms with Crippen molar-refractivity contribution in [2.24, 2.45) is 0 Å². The van der Waals surface area contributed by atoms with Crippen molar-refractivity contribution in [1.29, 1.82) is 0 Å². The van der Waals surface area contributed by atoms with E-state index in [1.807, 2.05) is 6.07 Å². The zero-order valence-electron chi connectivity index (χ0n) is 8.38. The summed E-state index contributed by atoms with van der Waals surface area (Å²) in [6.07, 6.45) is 9.00. The van der Waals surface area contributed by atoms with Crippen LogP contribution in [0.15, 0.2) is 28.7 Å². The van der Waals surface area contributed by atoms with Crippen molar-refractivity contribution in [3.05, 3.63) is 28.7 Å². The number of phenolic OH excluding ortho intramolecular Hbond substituents is 1. The molecule has 1 aliphatic carbocycles. The van der Waals surface area contributed by atoms with Gasteiger partial charge < -0.3 is 5.11 Å². The lowest BCUT2D eigenvalue weighted by Gasteiger charge is -2.05. The Labute approximate surface area is 94.3 Å². The van der Waals surface area contributed by atoms with Crippen molar-refractivity contribution in [3.8, 4) is 5.75 Å². The van der Waals surface area contributed by atoms with Gasteiger partial charge in [-0.3, -0.25) is 0 Å². The number of aromatic hydroxyl groups is 1. The number of rotatable bonds is 0. The highest BCUT2D eigenvalue weighted by Gasteiger charge is 1.95. The quantitative estimate of drug-likeness (QED) is 0.725. The van der Waals surface area contributed by atoms with Gasteiger partial charge in [-0.1, -0.05) is 50.7 Å². The van der Waals surface area contributed by atoms with E-state index in [-0.39, 0.29) is 5.75 Å². The van der Waals surface area contributed by atoms with Crippen molar-refractivity contribution < 1.29 is 5.11 Å². The number of hydrogen-bond acceptors (Lipinski definition) is 1. The Morgan fingerprint density at radius 3 is 1.57 bits per heavy atom. The molecule has 1 saturated carbocycles. The lowest BCUT2D eigenvalue weighted by Crippen LogP contribution is -1.85. The summed E-state index contributed by atoms with van der Waals surface area (Å²) in [6, 6.07) is 7.04. The molecule has 0 aliphatic heterocycles. The highest BCUT2D eigenvalue weighted by molar-refractivity contribution is 9.10.